The Morgan fingerprint density at radius 2 is 1.70 bits per heavy atom. The number of benzene rings is 3. The van der Waals surface area contributed by atoms with Crippen molar-refractivity contribution < 1.29 is 14.3 Å². The minimum absolute atomic E-state index is 0.00587. The van der Waals surface area contributed by atoms with Gasteiger partial charge in [-0.15, -0.1) is 0 Å². The van der Waals surface area contributed by atoms with E-state index >= 15 is 0 Å². The second-order valence-corrected chi connectivity index (χ2v) is 10.5. The molecule has 0 bridgehead atoms. The maximum atomic E-state index is 13.7. The Morgan fingerprint density at radius 1 is 0.953 bits per heavy atom. The molecule has 43 heavy (non-hydrogen) atoms. The van der Waals surface area contributed by atoms with Crippen LogP contribution in [0.15, 0.2) is 77.6 Å². The quantitative estimate of drug-likeness (QED) is 0.231. The minimum Gasteiger partial charge on any atom is -0.492 e. The number of fused-ring (bicyclic) bond motifs is 1. The molecule has 226 valence electrons. The normalized spacial score (nSPS) is 13.8. The molecule has 10 heteroatoms. The monoisotopic (exact) mass is 584 g/mol. The number of carbonyl (C=O) groups is 1. The van der Waals surface area contributed by atoms with Gasteiger partial charge in [-0.05, 0) is 68.4 Å². The van der Waals surface area contributed by atoms with Crippen molar-refractivity contribution in [2.45, 2.75) is 26.4 Å². The lowest BCUT2D eigenvalue weighted by molar-refractivity contribution is -0.135. The number of nitrogens with zero attached hydrogens (tertiary/aromatic N) is 4. The fourth-order valence-corrected chi connectivity index (χ4v) is 5.21. The molecular weight excluding hydrogens is 544 g/mol. The zero-order valence-corrected chi connectivity index (χ0v) is 24.7. The zero-order valence-electron chi connectivity index (χ0n) is 24.7. The van der Waals surface area contributed by atoms with Crippen LogP contribution >= 0.6 is 0 Å². The third-order valence-electron chi connectivity index (χ3n) is 7.51. The standard InChI is InChI=1S/C33H40N6O4/c1-2-42-30-11-6-5-10-29(30)39-31(36-28-9-4-3-8-27(28)33(39)41)23-37-18-20-38(21-19-37)32(40)24-43-26-14-12-25(13-15-26)22-35-17-7-16-34/h3-6,8-15,35H,2,7,16-24,34H2,1H3. The summed E-state index contributed by atoms with van der Waals surface area (Å²) < 4.78 is 13.3. The first-order chi connectivity index (χ1) is 21.1. The molecule has 2 heterocycles. The van der Waals surface area contributed by atoms with Crippen molar-refractivity contribution in [2.24, 2.45) is 5.73 Å². The fraction of sp³-hybridized carbons (Fsp3) is 0.364. The van der Waals surface area contributed by atoms with E-state index in [2.05, 4.69) is 10.2 Å². The highest BCUT2D eigenvalue weighted by atomic mass is 16.5. The lowest BCUT2D eigenvalue weighted by Gasteiger charge is -2.34. The van der Waals surface area contributed by atoms with Gasteiger partial charge in [-0.3, -0.25) is 19.1 Å². The lowest BCUT2D eigenvalue weighted by Crippen LogP contribution is -2.50. The predicted octanol–water partition coefficient (Wildman–Crippen LogP) is 2.95. The van der Waals surface area contributed by atoms with Crippen molar-refractivity contribution in [1.29, 1.82) is 0 Å². The Morgan fingerprint density at radius 3 is 2.47 bits per heavy atom. The molecule has 1 amide bonds. The Labute approximate surface area is 252 Å². The number of nitrogens with two attached hydrogens (primary N) is 1. The maximum Gasteiger partial charge on any atom is 0.266 e. The predicted molar refractivity (Wildman–Crippen MR) is 168 cm³/mol. The second-order valence-electron chi connectivity index (χ2n) is 10.5. The summed E-state index contributed by atoms with van der Waals surface area (Å²) in [6.07, 6.45) is 0.946. The van der Waals surface area contributed by atoms with Crippen LogP contribution in [0.5, 0.6) is 11.5 Å². The van der Waals surface area contributed by atoms with Gasteiger partial charge in [-0.1, -0.05) is 36.4 Å². The van der Waals surface area contributed by atoms with E-state index in [0.717, 1.165) is 25.1 Å². The summed E-state index contributed by atoms with van der Waals surface area (Å²) in [4.78, 5) is 35.6. The maximum absolute atomic E-state index is 13.7. The number of piperazine rings is 1. The molecule has 4 aromatic rings. The summed E-state index contributed by atoms with van der Waals surface area (Å²) in [6, 6.07) is 22.7. The molecule has 1 fully saturated rings. The van der Waals surface area contributed by atoms with Gasteiger partial charge in [0.05, 0.1) is 29.7 Å². The van der Waals surface area contributed by atoms with Crippen LogP contribution in [0.2, 0.25) is 0 Å². The molecule has 0 radical (unpaired) electrons. The van der Waals surface area contributed by atoms with Gasteiger partial charge < -0.3 is 25.4 Å². The topological polar surface area (TPSA) is 115 Å². The molecule has 1 aliphatic heterocycles. The van der Waals surface area contributed by atoms with E-state index in [1.54, 1.807) is 10.6 Å². The number of rotatable bonds is 13. The number of carbonyl (C=O) groups excluding carboxylic acids is 1. The third kappa shape index (κ3) is 7.59. The van der Waals surface area contributed by atoms with Gasteiger partial charge in [0, 0.05) is 32.7 Å². The van der Waals surface area contributed by atoms with E-state index in [1.165, 1.54) is 0 Å². The van der Waals surface area contributed by atoms with Crippen LogP contribution in [-0.2, 0) is 17.9 Å². The summed E-state index contributed by atoms with van der Waals surface area (Å²) >= 11 is 0. The number of nitrogens with one attached hydrogen (secondary N) is 1. The summed E-state index contributed by atoms with van der Waals surface area (Å²) in [7, 11) is 0. The van der Waals surface area contributed by atoms with Gasteiger partial charge in [0.15, 0.2) is 6.61 Å². The molecule has 0 unspecified atom stereocenters. The van der Waals surface area contributed by atoms with Crippen LogP contribution in [0.25, 0.3) is 16.6 Å². The molecule has 3 aromatic carbocycles. The Hall–Kier alpha value is -4.25. The molecule has 0 atom stereocenters. The molecule has 1 saturated heterocycles. The SMILES string of the molecule is CCOc1ccccc1-n1c(CN2CCN(C(=O)COc3ccc(CNCCCN)cc3)CC2)nc2ccccc2c1=O. The third-order valence-corrected chi connectivity index (χ3v) is 7.51. The second kappa shape index (κ2) is 14.8. The lowest BCUT2D eigenvalue weighted by atomic mass is 10.2. The van der Waals surface area contributed by atoms with Gasteiger partial charge >= 0.3 is 0 Å². The smallest absolute Gasteiger partial charge is 0.266 e. The van der Waals surface area contributed by atoms with Crippen molar-refractivity contribution in [1.82, 2.24) is 24.7 Å². The summed E-state index contributed by atoms with van der Waals surface area (Å²) in [6.45, 7) is 7.67. The Bertz CT molecular complexity index is 1560. The number of aromatic nitrogens is 2. The van der Waals surface area contributed by atoms with Crippen LogP contribution < -0.4 is 26.1 Å². The van der Waals surface area contributed by atoms with E-state index in [0.29, 0.717) is 79.8 Å². The summed E-state index contributed by atoms with van der Waals surface area (Å²) in [5.74, 6) is 1.90. The Balaban J connectivity index is 1.21. The first-order valence-electron chi connectivity index (χ1n) is 14.9. The first-order valence-corrected chi connectivity index (χ1v) is 14.9. The van der Waals surface area contributed by atoms with Crippen molar-refractivity contribution in [3.05, 3.63) is 94.5 Å². The molecule has 0 aliphatic carbocycles. The zero-order chi connectivity index (χ0) is 30.0. The van der Waals surface area contributed by atoms with Crippen LogP contribution in [0.4, 0.5) is 0 Å². The van der Waals surface area contributed by atoms with Crippen LogP contribution in [0.3, 0.4) is 0 Å². The van der Waals surface area contributed by atoms with Crippen molar-refractivity contribution in [3.8, 4) is 17.2 Å². The molecule has 1 aromatic heterocycles. The van der Waals surface area contributed by atoms with Crippen LogP contribution in [0.1, 0.15) is 24.7 Å². The largest absolute Gasteiger partial charge is 0.492 e. The fourth-order valence-electron chi connectivity index (χ4n) is 5.21. The van der Waals surface area contributed by atoms with E-state index in [9.17, 15) is 9.59 Å². The van der Waals surface area contributed by atoms with Gasteiger partial charge in [0.1, 0.15) is 17.3 Å². The number of hydrogen-bond acceptors (Lipinski definition) is 8. The molecule has 3 N–H and O–H groups in total. The molecule has 10 nitrogen and oxygen atoms in total. The van der Waals surface area contributed by atoms with Gasteiger partial charge in [0.25, 0.3) is 11.5 Å². The van der Waals surface area contributed by atoms with E-state index in [1.807, 2.05) is 78.6 Å². The Kier molecular flexibility index (Phi) is 10.4. The van der Waals surface area contributed by atoms with Gasteiger partial charge in [-0.25, -0.2) is 4.98 Å². The van der Waals surface area contributed by atoms with Crippen LogP contribution in [0, 0.1) is 0 Å². The average Bonchev–Trinajstić information content (AvgIpc) is 3.04. The summed E-state index contributed by atoms with van der Waals surface area (Å²) in [5.41, 5.74) is 7.88. The van der Waals surface area contributed by atoms with E-state index < -0.39 is 0 Å². The molecule has 0 saturated carbocycles. The van der Waals surface area contributed by atoms with Crippen molar-refractivity contribution in [2.75, 3.05) is 52.5 Å². The highest BCUT2D eigenvalue weighted by molar-refractivity contribution is 5.78. The number of amides is 1. The minimum atomic E-state index is -0.130. The number of hydrogen-bond donors (Lipinski definition) is 2. The number of ether oxygens (including phenoxy) is 2. The van der Waals surface area contributed by atoms with E-state index in [-0.39, 0.29) is 18.1 Å². The first kappa shape index (κ1) is 30.2. The van der Waals surface area contributed by atoms with Crippen LogP contribution in [-0.4, -0.2) is 77.7 Å². The molecule has 0 spiro atoms. The molecule has 5 rings (SSSR count). The highest BCUT2D eigenvalue weighted by Gasteiger charge is 2.24. The van der Waals surface area contributed by atoms with Crippen molar-refractivity contribution in [3.63, 3.8) is 0 Å². The molecular formula is C33H40N6O4. The van der Waals surface area contributed by atoms with Gasteiger partial charge in [0.2, 0.25) is 0 Å². The number of para-hydroxylation sites is 3. The van der Waals surface area contributed by atoms with Crippen molar-refractivity contribution >= 4 is 16.8 Å². The molecule has 1 aliphatic rings. The highest BCUT2D eigenvalue weighted by Crippen LogP contribution is 2.24. The summed E-state index contributed by atoms with van der Waals surface area (Å²) in [5, 5.41) is 3.91. The van der Waals surface area contributed by atoms with Gasteiger partial charge in [-0.2, -0.15) is 0 Å². The van der Waals surface area contributed by atoms with E-state index in [4.69, 9.17) is 20.2 Å². The average molecular weight is 585 g/mol.